The van der Waals surface area contributed by atoms with Crippen LogP contribution in [-0.4, -0.2) is 37.0 Å². The summed E-state index contributed by atoms with van der Waals surface area (Å²) in [6, 6.07) is 18.7. The Kier molecular flexibility index (Phi) is 4.78. The molecule has 2 aromatic rings. The fraction of sp³-hybridized carbons (Fsp3) is 0.278. The van der Waals surface area contributed by atoms with Crippen LogP contribution in [0.2, 0.25) is 0 Å². The predicted octanol–water partition coefficient (Wildman–Crippen LogP) is 2.31. The SMILES string of the molecule is N=C(N)Nc1ccc(N2CCN(Cc3ccccc3)CC2)cc1. The number of piperazine rings is 1. The quantitative estimate of drug-likeness (QED) is 0.599. The monoisotopic (exact) mass is 309 g/mol. The summed E-state index contributed by atoms with van der Waals surface area (Å²) in [6.45, 7) is 5.24. The Morgan fingerprint density at radius 2 is 1.61 bits per heavy atom. The molecular weight excluding hydrogens is 286 g/mol. The average molecular weight is 309 g/mol. The van der Waals surface area contributed by atoms with E-state index in [1.54, 1.807) is 0 Å². The van der Waals surface area contributed by atoms with Gasteiger partial charge in [0.2, 0.25) is 0 Å². The van der Waals surface area contributed by atoms with E-state index in [9.17, 15) is 0 Å². The number of rotatable bonds is 4. The fourth-order valence-electron chi connectivity index (χ4n) is 2.92. The van der Waals surface area contributed by atoms with Gasteiger partial charge in [0.25, 0.3) is 0 Å². The Morgan fingerprint density at radius 1 is 0.957 bits per heavy atom. The molecule has 0 amide bonds. The Bertz CT molecular complexity index is 630. The number of hydrogen-bond donors (Lipinski definition) is 3. The Morgan fingerprint density at radius 3 is 2.22 bits per heavy atom. The van der Waals surface area contributed by atoms with Gasteiger partial charge in [0, 0.05) is 44.1 Å². The molecule has 0 bridgehead atoms. The van der Waals surface area contributed by atoms with Gasteiger partial charge in [-0.25, -0.2) is 0 Å². The van der Waals surface area contributed by atoms with Crippen LogP contribution in [0.5, 0.6) is 0 Å². The summed E-state index contributed by atoms with van der Waals surface area (Å²) in [5.41, 5.74) is 8.79. The van der Waals surface area contributed by atoms with Crippen LogP contribution in [0.3, 0.4) is 0 Å². The van der Waals surface area contributed by atoms with E-state index in [0.29, 0.717) is 0 Å². The summed E-state index contributed by atoms with van der Waals surface area (Å²) in [6.07, 6.45) is 0. The summed E-state index contributed by atoms with van der Waals surface area (Å²) in [5, 5.41) is 10.0. The molecule has 1 fully saturated rings. The van der Waals surface area contributed by atoms with Crippen molar-refractivity contribution < 1.29 is 0 Å². The highest BCUT2D eigenvalue weighted by molar-refractivity contribution is 5.89. The van der Waals surface area contributed by atoms with Crippen LogP contribution in [0.15, 0.2) is 54.6 Å². The highest BCUT2D eigenvalue weighted by atomic mass is 15.3. The van der Waals surface area contributed by atoms with Gasteiger partial charge in [0.05, 0.1) is 0 Å². The minimum absolute atomic E-state index is 0.0349. The molecule has 5 heteroatoms. The highest BCUT2D eigenvalue weighted by Crippen LogP contribution is 2.20. The summed E-state index contributed by atoms with van der Waals surface area (Å²) in [4.78, 5) is 4.90. The van der Waals surface area contributed by atoms with Crippen molar-refractivity contribution in [3.63, 3.8) is 0 Å². The molecular formula is C18H23N5. The first kappa shape index (κ1) is 15.4. The molecule has 120 valence electrons. The lowest BCUT2D eigenvalue weighted by atomic mass is 10.2. The van der Waals surface area contributed by atoms with Crippen molar-refractivity contribution in [2.24, 2.45) is 5.73 Å². The van der Waals surface area contributed by atoms with Crippen LogP contribution in [-0.2, 0) is 6.54 Å². The molecule has 0 radical (unpaired) electrons. The molecule has 1 aliphatic rings. The minimum Gasteiger partial charge on any atom is -0.370 e. The second-order valence-electron chi connectivity index (χ2n) is 5.83. The Balaban J connectivity index is 1.53. The number of guanidine groups is 1. The van der Waals surface area contributed by atoms with E-state index < -0.39 is 0 Å². The van der Waals surface area contributed by atoms with Crippen molar-refractivity contribution in [2.45, 2.75) is 6.54 Å². The van der Waals surface area contributed by atoms with Gasteiger partial charge >= 0.3 is 0 Å². The summed E-state index contributed by atoms with van der Waals surface area (Å²) < 4.78 is 0. The van der Waals surface area contributed by atoms with Gasteiger partial charge in [-0.1, -0.05) is 30.3 Å². The van der Waals surface area contributed by atoms with Crippen molar-refractivity contribution in [2.75, 3.05) is 36.4 Å². The van der Waals surface area contributed by atoms with Gasteiger partial charge in [-0.05, 0) is 29.8 Å². The van der Waals surface area contributed by atoms with Crippen LogP contribution >= 0.6 is 0 Å². The van der Waals surface area contributed by atoms with Gasteiger partial charge in [0.15, 0.2) is 5.96 Å². The van der Waals surface area contributed by atoms with Crippen LogP contribution in [0.4, 0.5) is 11.4 Å². The van der Waals surface area contributed by atoms with Gasteiger partial charge in [0.1, 0.15) is 0 Å². The molecule has 5 nitrogen and oxygen atoms in total. The number of nitrogens with one attached hydrogen (secondary N) is 2. The maximum absolute atomic E-state index is 7.25. The molecule has 1 heterocycles. The van der Waals surface area contributed by atoms with Crippen LogP contribution < -0.4 is 16.0 Å². The topological polar surface area (TPSA) is 68.4 Å². The number of nitrogens with zero attached hydrogens (tertiary/aromatic N) is 2. The second-order valence-corrected chi connectivity index (χ2v) is 5.83. The van der Waals surface area contributed by atoms with E-state index in [1.807, 2.05) is 12.1 Å². The van der Waals surface area contributed by atoms with E-state index in [4.69, 9.17) is 11.1 Å². The van der Waals surface area contributed by atoms with Crippen molar-refractivity contribution in [1.82, 2.24) is 4.90 Å². The molecule has 4 N–H and O–H groups in total. The smallest absolute Gasteiger partial charge is 0.190 e. The van der Waals surface area contributed by atoms with Crippen molar-refractivity contribution in [1.29, 1.82) is 5.41 Å². The molecule has 0 saturated carbocycles. The molecule has 0 unspecified atom stereocenters. The zero-order chi connectivity index (χ0) is 16.1. The zero-order valence-corrected chi connectivity index (χ0v) is 13.2. The third kappa shape index (κ3) is 4.23. The van der Waals surface area contributed by atoms with Crippen LogP contribution in [0.1, 0.15) is 5.56 Å². The molecule has 0 aromatic heterocycles. The van der Waals surface area contributed by atoms with Crippen molar-refractivity contribution in [3.8, 4) is 0 Å². The number of nitrogens with two attached hydrogens (primary N) is 1. The van der Waals surface area contributed by atoms with Crippen molar-refractivity contribution >= 4 is 17.3 Å². The zero-order valence-electron chi connectivity index (χ0n) is 13.2. The third-order valence-electron chi connectivity index (χ3n) is 4.13. The van der Waals surface area contributed by atoms with E-state index >= 15 is 0 Å². The van der Waals surface area contributed by atoms with Gasteiger partial charge in [-0.15, -0.1) is 0 Å². The van der Waals surface area contributed by atoms with Crippen molar-refractivity contribution in [3.05, 3.63) is 60.2 Å². The molecule has 0 aliphatic carbocycles. The maximum atomic E-state index is 7.25. The molecule has 1 aliphatic heterocycles. The van der Waals surface area contributed by atoms with Gasteiger partial charge in [-0.3, -0.25) is 10.3 Å². The van der Waals surface area contributed by atoms with E-state index in [0.717, 1.165) is 38.4 Å². The minimum atomic E-state index is -0.0349. The van der Waals surface area contributed by atoms with Gasteiger partial charge in [-0.2, -0.15) is 0 Å². The lowest BCUT2D eigenvalue weighted by Crippen LogP contribution is -2.45. The number of hydrogen-bond acceptors (Lipinski definition) is 3. The standard InChI is InChI=1S/C18H23N5/c19-18(20)21-16-6-8-17(9-7-16)23-12-10-22(11-13-23)14-15-4-2-1-3-5-15/h1-9H,10-14H2,(H4,19,20,21). The maximum Gasteiger partial charge on any atom is 0.190 e. The van der Waals surface area contributed by atoms with Crippen LogP contribution in [0.25, 0.3) is 0 Å². The molecule has 3 rings (SSSR count). The second kappa shape index (κ2) is 7.15. The first-order valence-corrected chi connectivity index (χ1v) is 7.93. The lowest BCUT2D eigenvalue weighted by molar-refractivity contribution is 0.250. The average Bonchev–Trinajstić information content (AvgIpc) is 2.57. The normalized spacial score (nSPS) is 15.4. The first-order valence-electron chi connectivity index (χ1n) is 7.93. The van der Waals surface area contributed by atoms with E-state index in [2.05, 4.69) is 57.6 Å². The van der Waals surface area contributed by atoms with E-state index in [-0.39, 0.29) is 5.96 Å². The summed E-state index contributed by atoms with van der Waals surface area (Å²) in [5.74, 6) is -0.0349. The number of benzene rings is 2. The largest absolute Gasteiger partial charge is 0.370 e. The third-order valence-corrected chi connectivity index (χ3v) is 4.13. The predicted molar refractivity (Wildman–Crippen MR) is 95.9 cm³/mol. The molecule has 0 atom stereocenters. The summed E-state index contributed by atoms with van der Waals surface area (Å²) in [7, 11) is 0. The fourth-order valence-corrected chi connectivity index (χ4v) is 2.92. The molecule has 1 saturated heterocycles. The Hall–Kier alpha value is -2.53. The van der Waals surface area contributed by atoms with E-state index in [1.165, 1.54) is 11.3 Å². The van der Waals surface area contributed by atoms with Gasteiger partial charge < -0.3 is 16.0 Å². The number of anilines is 2. The van der Waals surface area contributed by atoms with Crippen LogP contribution in [0, 0.1) is 5.41 Å². The molecule has 23 heavy (non-hydrogen) atoms. The highest BCUT2D eigenvalue weighted by Gasteiger charge is 2.17. The molecule has 2 aromatic carbocycles. The first-order chi connectivity index (χ1) is 11.2. The Labute approximate surface area is 137 Å². The lowest BCUT2D eigenvalue weighted by Gasteiger charge is -2.36. The molecule has 0 spiro atoms. The summed E-state index contributed by atoms with van der Waals surface area (Å²) >= 11 is 0.